The van der Waals surface area contributed by atoms with Crippen molar-refractivity contribution in [2.45, 2.75) is 18.4 Å². The fourth-order valence-electron chi connectivity index (χ4n) is 2.67. The van der Waals surface area contributed by atoms with Gasteiger partial charge in [0, 0.05) is 17.8 Å². The largest absolute Gasteiger partial charge is 0.348 e. The Morgan fingerprint density at radius 3 is 2.27 bits per heavy atom. The van der Waals surface area contributed by atoms with Gasteiger partial charge in [0.2, 0.25) is 0 Å². The minimum Gasteiger partial charge on any atom is -0.348 e. The van der Waals surface area contributed by atoms with E-state index in [0.29, 0.717) is 17.8 Å². The summed E-state index contributed by atoms with van der Waals surface area (Å²) in [6.45, 7) is 2.20. The fourth-order valence-corrected chi connectivity index (χ4v) is 3.58. The predicted octanol–water partition coefficient (Wildman–Crippen LogP) is 3.44. The van der Waals surface area contributed by atoms with Crippen molar-refractivity contribution in [1.82, 2.24) is 10.0 Å². The molecule has 30 heavy (non-hydrogen) atoms. The maximum Gasteiger partial charge on any atom is 0.333 e. The van der Waals surface area contributed by atoms with Crippen molar-refractivity contribution in [3.63, 3.8) is 0 Å². The summed E-state index contributed by atoms with van der Waals surface area (Å²) in [5, 5.41) is 5.24. The predicted molar refractivity (Wildman–Crippen MR) is 115 cm³/mol. The van der Waals surface area contributed by atoms with Gasteiger partial charge in [0.05, 0.1) is 4.90 Å². The van der Waals surface area contributed by atoms with Gasteiger partial charge in [-0.3, -0.25) is 4.79 Å². The van der Waals surface area contributed by atoms with Gasteiger partial charge < -0.3 is 10.6 Å². The van der Waals surface area contributed by atoms with E-state index < -0.39 is 16.1 Å². The number of amides is 3. The third kappa shape index (κ3) is 5.68. The molecule has 0 aliphatic heterocycles. The molecule has 0 spiro atoms. The van der Waals surface area contributed by atoms with Crippen LogP contribution in [0.1, 0.15) is 21.5 Å². The molecule has 3 aromatic rings. The van der Waals surface area contributed by atoms with E-state index in [1.165, 1.54) is 18.2 Å². The Morgan fingerprint density at radius 2 is 1.57 bits per heavy atom. The Labute approximate surface area is 175 Å². The number of hydrogen-bond acceptors (Lipinski definition) is 4. The van der Waals surface area contributed by atoms with E-state index in [4.69, 9.17) is 0 Å². The van der Waals surface area contributed by atoms with Crippen molar-refractivity contribution in [1.29, 1.82) is 0 Å². The van der Waals surface area contributed by atoms with Crippen molar-refractivity contribution in [3.8, 4) is 0 Å². The first kappa shape index (κ1) is 21.1. The Balaban J connectivity index is 1.62. The van der Waals surface area contributed by atoms with Crippen LogP contribution in [0.2, 0.25) is 0 Å². The third-order valence-corrected chi connectivity index (χ3v) is 5.58. The average Bonchev–Trinajstić information content (AvgIpc) is 2.73. The Hall–Kier alpha value is -3.65. The zero-order chi connectivity index (χ0) is 21.6. The molecular formula is C22H21N3O4S. The average molecular weight is 423 g/mol. The van der Waals surface area contributed by atoms with E-state index >= 15 is 0 Å². The summed E-state index contributed by atoms with van der Waals surface area (Å²) in [5.41, 5.74) is 2.49. The highest BCUT2D eigenvalue weighted by molar-refractivity contribution is 7.90. The van der Waals surface area contributed by atoms with Gasteiger partial charge in [0.25, 0.3) is 15.9 Å². The van der Waals surface area contributed by atoms with Gasteiger partial charge in [-0.15, -0.1) is 0 Å². The summed E-state index contributed by atoms with van der Waals surface area (Å²) in [7, 11) is -4.00. The van der Waals surface area contributed by atoms with Gasteiger partial charge in [-0.1, -0.05) is 54.1 Å². The highest BCUT2D eigenvalue weighted by Gasteiger charge is 2.17. The minimum atomic E-state index is -4.00. The summed E-state index contributed by atoms with van der Waals surface area (Å²) in [5.74, 6) is -0.310. The minimum absolute atomic E-state index is 0.0164. The van der Waals surface area contributed by atoms with Gasteiger partial charge in [0.15, 0.2) is 0 Å². The molecule has 0 fully saturated rings. The van der Waals surface area contributed by atoms with E-state index in [0.717, 1.165) is 11.1 Å². The topological polar surface area (TPSA) is 104 Å². The number of carbonyl (C=O) groups is 2. The second kappa shape index (κ2) is 9.23. The van der Waals surface area contributed by atoms with Gasteiger partial charge in [-0.2, -0.15) is 0 Å². The number of benzene rings is 3. The van der Waals surface area contributed by atoms with E-state index in [1.54, 1.807) is 30.3 Å². The molecule has 0 atom stereocenters. The number of anilines is 1. The van der Waals surface area contributed by atoms with Crippen LogP contribution in [0.3, 0.4) is 0 Å². The molecule has 0 aliphatic carbocycles. The van der Waals surface area contributed by atoms with Crippen LogP contribution in [0, 0.1) is 6.92 Å². The number of hydrogen-bond donors (Lipinski definition) is 3. The van der Waals surface area contributed by atoms with Crippen molar-refractivity contribution < 1.29 is 18.0 Å². The maximum absolute atomic E-state index is 12.4. The molecule has 3 amide bonds. The van der Waals surface area contributed by atoms with E-state index in [9.17, 15) is 18.0 Å². The van der Waals surface area contributed by atoms with Gasteiger partial charge in [0.1, 0.15) is 0 Å². The highest BCUT2D eigenvalue weighted by atomic mass is 32.2. The van der Waals surface area contributed by atoms with E-state index in [-0.39, 0.29) is 10.8 Å². The molecule has 0 bridgehead atoms. The van der Waals surface area contributed by atoms with Gasteiger partial charge >= 0.3 is 6.03 Å². The number of sulfonamides is 1. The second-order valence-corrected chi connectivity index (χ2v) is 8.30. The van der Waals surface area contributed by atoms with Crippen molar-refractivity contribution in [2.24, 2.45) is 0 Å². The van der Waals surface area contributed by atoms with Crippen molar-refractivity contribution in [3.05, 3.63) is 95.6 Å². The molecule has 8 heteroatoms. The summed E-state index contributed by atoms with van der Waals surface area (Å²) in [6, 6.07) is 20.9. The number of aryl methyl sites for hydroxylation is 1. The first-order valence-electron chi connectivity index (χ1n) is 9.16. The maximum atomic E-state index is 12.4. The third-order valence-electron chi connectivity index (χ3n) is 4.24. The van der Waals surface area contributed by atoms with Crippen LogP contribution in [-0.4, -0.2) is 20.4 Å². The van der Waals surface area contributed by atoms with Crippen LogP contribution >= 0.6 is 0 Å². The van der Waals surface area contributed by atoms with Crippen molar-refractivity contribution >= 4 is 27.6 Å². The normalized spacial score (nSPS) is 10.8. The highest BCUT2D eigenvalue weighted by Crippen LogP contribution is 2.13. The second-order valence-electron chi connectivity index (χ2n) is 6.62. The lowest BCUT2D eigenvalue weighted by molar-refractivity contribution is 0.0951. The summed E-state index contributed by atoms with van der Waals surface area (Å²) < 4.78 is 26.6. The Kier molecular flexibility index (Phi) is 6.48. The molecule has 7 nitrogen and oxygen atoms in total. The molecule has 0 aromatic heterocycles. The first-order valence-corrected chi connectivity index (χ1v) is 10.6. The van der Waals surface area contributed by atoms with E-state index in [1.807, 2.05) is 42.0 Å². The first-order chi connectivity index (χ1) is 14.3. The molecule has 154 valence electrons. The van der Waals surface area contributed by atoms with Gasteiger partial charge in [-0.25, -0.2) is 17.9 Å². The zero-order valence-electron chi connectivity index (χ0n) is 16.3. The molecule has 0 heterocycles. The molecular weight excluding hydrogens is 402 g/mol. The number of nitrogens with one attached hydrogen (secondary N) is 3. The monoisotopic (exact) mass is 423 g/mol. The Bertz CT molecular complexity index is 1140. The van der Waals surface area contributed by atoms with Gasteiger partial charge in [-0.05, 0) is 42.8 Å². The molecule has 0 saturated heterocycles. The van der Waals surface area contributed by atoms with Crippen LogP contribution in [0.4, 0.5) is 10.5 Å². The molecule has 3 aromatic carbocycles. The molecule has 0 aliphatic rings. The molecule has 0 saturated carbocycles. The number of rotatable bonds is 6. The van der Waals surface area contributed by atoms with Crippen LogP contribution < -0.4 is 15.4 Å². The lowest BCUT2D eigenvalue weighted by atomic mass is 10.1. The summed E-state index contributed by atoms with van der Waals surface area (Å²) in [4.78, 5) is 24.5. The lowest BCUT2D eigenvalue weighted by Gasteiger charge is -2.10. The molecule has 3 rings (SSSR count). The molecule has 0 unspecified atom stereocenters. The number of urea groups is 1. The quantitative estimate of drug-likeness (QED) is 0.565. The Morgan fingerprint density at radius 1 is 0.867 bits per heavy atom. The summed E-state index contributed by atoms with van der Waals surface area (Å²) in [6.07, 6.45) is 0. The number of carbonyl (C=O) groups excluding carboxylic acids is 2. The smallest absolute Gasteiger partial charge is 0.333 e. The van der Waals surface area contributed by atoms with E-state index in [2.05, 4.69) is 10.6 Å². The summed E-state index contributed by atoms with van der Waals surface area (Å²) >= 11 is 0. The van der Waals surface area contributed by atoms with Crippen molar-refractivity contribution in [2.75, 3.05) is 5.32 Å². The SMILES string of the molecule is Cc1ccc(S(=O)(=O)NC(=O)Nc2cccc(C(=O)NCc3ccccc3)c2)cc1. The lowest BCUT2D eigenvalue weighted by Crippen LogP contribution is -2.34. The zero-order valence-corrected chi connectivity index (χ0v) is 17.1. The van der Waals surface area contributed by atoms with Crippen LogP contribution in [0.25, 0.3) is 0 Å². The van der Waals surface area contributed by atoms with Crippen LogP contribution in [-0.2, 0) is 16.6 Å². The van der Waals surface area contributed by atoms with Crippen LogP contribution in [0.15, 0.2) is 83.8 Å². The molecule has 0 radical (unpaired) electrons. The fraction of sp³-hybridized carbons (Fsp3) is 0.0909. The van der Waals surface area contributed by atoms with Crippen LogP contribution in [0.5, 0.6) is 0 Å². The standard InChI is InChI=1S/C22H21N3O4S/c1-16-10-12-20(13-11-16)30(28,29)25-22(27)24-19-9-5-8-18(14-19)21(26)23-15-17-6-3-2-4-7-17/h2-14H,15H2,1H3,(H,23,26)(H2,24,25,27). The molecule has 3 N–H and O–H groups in total.